The maximum absolute atomic E-state index is 2.55. The normalized spacial score (nSPS) is 12.6. The second kappa shape index (κ2) is 24.9. The van der Waals surface area contributed by atoms with Crippen molar-refractivity contribution in [2.45, 2.75) is 5.41 Å². The SMILES string of the molecule is c1ccc(N(c2ccc(-c3ccc4c(c3)sc3cc(-c5ccc(-c6cccc7c6sc6ccccc67)c(N(c6ccc(-c7cccc8c7-c7ccccc7C87c8ccccc8-c8ccccc87)cc6)c6cccc7ccccc67)c5)ccc34)cc2)c2cccc3ccccc23)c(-c2cccc3c2sc2ccccc23)c1. The minimum absolute atomic E-state index is 0.434. The van der Waals surface area contributed by atoms with Crippen molar-refractivity contribution in [3.8, 4) is 77.9 Å². The van der Waals surface area contributed by atoms with E-state index in [0.29, 0.717) is 0 Å². The molecule has 512 valence electrons. The molecule has 0 N–H and O–H groups in total. The highest BCUT2D eigenvalue weighted by Crippen LogP contribution is 2.64. The predicted octanol–water partition coefficient (Wildman–Crippen LogP) is 30.7. The van der Waals surface area contributed by atoms with E-state index in [-0.39, 0.29) is 0 Å². The molecule has 0 aliphatic heterocycles. The van der Waals surface area contributed by atoms with Crippen molar-refractivity contribution >= 4 is 150 Å². The maximum atomic E-state index is 2.55. The fourth-order valence-electron chi connectivity index (χ4n) is 18.7. The number of nitrogens with zero attached hydrogens (tertiary/aromatic N) is 2. The van der Waals surface area contributed by atoms with E-state index in [2.05, 4.69) is 398 Å². The van der Waals surface area contributed by atoms with E-state index in [1.54, 1.807) is 0 Å². The number of benzene rings is 18. The number of anilines is 6. The van der Waals surface area contributed by atoms with Crippen LogP contribution in [0.2, 0.25) is 0 Å². The molecule has 0 saturated heterocycles. The van der Waals surface area contributed by atoms with Crippen molar-refractivity contribution in [3.05, 3.63) is 411 Å². The van der Waals surface area contributed by atoms with Gasteiger partial charge in [0.05, 0.1) is 28.2 Å². The fraction of sp³-hybridized carbons (Fsp3) is 0.00952. The van der Waals surface area contributed by atoms with E-state index in [1.165, 1.54) is 177 Å². The zero-order chi connectivity index (χ0) is 72.1. The summed E-state index contributed by atoms with van der Waals surface area (Å²) >= 11 is 5.65. The van der Waals surface area contributed by atoms with E-state index in [1.807, 2.05) is 34.0 Å². The number of hydrogen-bond donors (Lipinski definition) is 0. The molecule has 5 heteroatoms. The summed E-state index contributed by atoms with van der Waals surface area (Å²) in [5, 5.41) is 12.4. The first-order chi connectivity index (χ1) is 54.6. The smallest absolute Gasteiger partial charge is 0.0725 e. The van der Waals surface area contributed by atoms with Gasteiger partial charge in [-0.3, -0.25) is 0 Å². The lowest BCUT2D eigenvalue weighted by Gasteiger charge is -2.30. The predicted molar refractivity (Wildman–Crippen MR) is 473 cm³/mol. The second-order valence-electron chi connectivity index (χ2n) is 29.2. The minimum atomic E-state index is -0.434. The molecule has 18 aromatic carbocycles. The van der Waals surface area contributed by atoms with Gasteiger partial charge in [0.1, 0.15) is 0 Å². The zero-order valence-electron chi connectivity index (χ0n) is 59.6. The van der Waals surface area contributed by atoms with Gasteiger partial charge in [-0.1, -0.05) is 315 Å². The Morgan fingerprint density at radius 3 is 1.15 bits per heavy atom. The third-order valence-corrected chi connectivity index (χ3v) is 27.1. The van der Waals surface area contributed by atoms with Crippen LogP contribution in [0.5, 0.6) is 0 Å². The molecule has 21 aromatic rings. The Hall–Kier alpha value is -13.3. The summed E-state index contributed by atoms with van der Waals surface area (Å²) in [4.78, 5) is 5.02. The Kier molecular flexibility index (Phi) is 14.2. The molecule has 1 spiro atoms. The monoisotopic (exact) mass is 1450 g/mol. The first-order valence-electron chi connectivity index (χ1n) is 37.8. The van der Waals surface area contributed by atoms with E-state index in [4.69, 9.17) is 0 Å². The van der Waals surface area contributed by atoms with E-state index >= 15 is 0 Å². The molecule has 23 rings (SSSR count). The third-order valence-electron chi connectivity index (χ3n) is 23.5. The standard InChI is InChI=1S/C105H64N2S3/c1-3-26-74-66(22-1)24-17-44-94(74)106(96-43-14-8-30-79(96)85-35-19-37-87-81-31-9-15-46-98(81)109-103(85)87)72-55-48-65(49-56-72)70-53-60-83-84-61-54-71(64-101(84)108-100(83)63-70)69-52-59-80(86-36-20-38-88-82-32-10-16-47-99(82)110-104(86)88)97(62-69)107(95-45-18-25-67-23-2-4-27-75(67)95)73-57-50-68(51-58-73)76-34-21-42-93-102(76)89-33-7-13-41-92(89)105(93)90-39-11-5-28-77(90)78-29-6-12-40-91(78)105/h1-64H. The van der Waals surface area contributed by atoms with E-state index < -0.39 is 5.41 Å². The first kappa shape index (κ1) is 62.9. The van der Waals surface area contributed by atoms with Crippen LogP contribution in [0.4, 0.5) is 34.1 Å². The minimum Gasteiger partial charge on any atom is -0.309 e. The largest absolute Gasteiger partial charge is 0.309 e. The van der Waals surface area contributed by atoms with Crippen LogP contribution >= 0.6 is 34.0 Å². The van der Waals surface area contributed by atoms with Gasteiger partial charge in [-0.15, -0.1) is 34.0 Å². The van der Waals surface area contributed by atoms with Gasteiger partial charge >= 0.3 is 0 Å². The molecule has 3 heterocycles. The van der Waals surface area contributed by atoms with Crippen LogP contribution < -0.4 is 9.80 Å². The van der Waals surface area contributed by atoms with Crippen LogP contribution in [0.3, 0.4) is 0 Å². The lowest BCUT2D eigenvalue weighted by molar-refractivity contribution is 0.794. The molecule has 0 atom stereocenters. The third kappa shape index (κ3) is 9.52. The van der Waals surface area contributed by atoms with Crippen molar-refractivity contribution in [1.82, 2.24) is 0 Å². The van der Waals surface area contributed by atoms with Crippen LogP contribution in [0, 0.1) is 0 Å². The van der Waals surface area contributed by atoms with Gasteiger partial charge in [-0.25, -0.2) is 0 Å². The maximum Gasteiger partial charge on any atom is 0.0725 e. The number of hydrogen-bond acceptors (Lipinski definition) is 5. The molecular formula is C105H64N2S3. The molecule has 110 heavy (non-hydrogen) atoms. The van der Waals surface area contributed by atoms with Crippen molar-refractivity contribution in [2.24, 2.45) is 0 Å². The van der Waals surface area contributed by atoms with Crippen LogP contribution in [0.25, 0.3) is 160 Å². The number of rotatable bonds is 11. The van der Waals surface area contributed by atoms with E-state index in [0.717, 1.165) is 39.7 Å². The van der Waals surface area contributed by atoms with Crippen LogP contribution in [0.1, 0.15) is 22.3 Å². The van der Waals surface area contributed by atoms with E-state index in [9.17, 15) is 0 Å². The molecule has 2 nitrogen and oxygen atoms in total. The molecule has 0 amide bonds. The van der Waals surface area contributed by atoms with Gasteiger partial charge in [-0.2, -0.15) is 0 Å². The highest BCUT2D eigenvalue weighted by atomic mass is 32.1. The molecule has 2 aliphatic rings. The van der Waals surface area contributed by atoms with Gasteiger partial charge < -0.3 is 9.80 Å². The second-order valence-corrected chi connectivity index (χ2v) is 32.4. The lowest BCUT2D eigenvalue weighted by atomic mass is 9.70. The topological polar surface area (TPSA) is 6.48 Å². The number of thiophene rings is 3. The molecule has 0 unspecified atom stereocenters. The Morgan fingerprint density at radius 1 is 0.191 bits per heavy atom. The molecule has 0 bridgehead atoms. The lowest BCUT2D eigenvalue weighted by Crippen LogP contribution is -2.25. The first-order valence-corrected chi connectivity index (χ1v) is 40.2. The molecule has 3 aromatic heterocycles. The summed E-state index contributed by atoms with van der Waals surface area (Å²) in [5.74, 6) is 0. The van der Waals surface area contributed by atoms with Gasteiger partial charge in [0.15, 0.2) is 0 Å². The summed E-state index contributed by atoms with van der Waals surface area (Å²) in [6.45, 7) is 0. The molecule has 2 aliphatic carbocycles. The van der Waals surface area contributed by atoms with Gasteiger partial charge in [-0.05, 0) is 161 Å². The molecule has 0 fully saturated rings. The molecule has 0 saturated carbocycles. The Balaban J connectivity index is 0.645. The van der Waals surface area contributed by atoms with Gasteiger partial charge in [0.2, 0.25) is 0 Å². The summed E-state index contributed by atoms with van der Waals surface area (Å²) < 4.78 is 7.68. The van der Waals surface area contributed by atoms with Crippen molar-refractivity contribution in [3.63, 3.8) is 0 Å². The Labute approximate surface area is 648 Å². The van der Waals surface area contributed by atoms with Crippen LogP contribution in [-0.2, 0) is 5.41 Å². The molecule has 0 radical (unpaired) electrons. The number of fused-ring (bicyclic) bond motifs is 21. The van der Waals surface area contributed by atoms with Crippen LogP contribution in [-0.4, -0.2) is 0 Å². The van der Waals surface area contributed by atoms with Crippen molar-refractivity contribution in [1.29, 1.82) is 0 Å². The van der Waals surface area contributed by atoms with Crippen LogP contribution in [0.15, 0.2) is 388 Å². The highest BCUT2D eigenvalue weighted by molar-refractivity contribution is 7.27. The average molecular weight is 1450 g/mol. The highest BCUT2D eigenvalue weighted by Gasteiger charge is 2.52. The summed E-state index contributed by atoms with van der Waals surface area (Å²) in [5.41, 5.74) is 28.7. The Bertz CT molecular complexity index is 7320. The summed E-state index contributed by atoms with van der Waals surface area (Å²) in [6.07, 6.45) is 0. The fourth-order valence-corrected chi connectivity index (χ4v) is 22.3. The Morgan fingerprint density at radius 2 is 0.555 bits per heavy atom. The van der Waals surface area contributed by atoms with Gasteiger partial charge in [0.25, 0.3) is 0 Å². The van der Waals surface area contributed by atoms with Crippen molar-refractivity contribution < 1.29 is 0 Å². The quantitative estimate of drug-likeness (QED) is 0.127. The summed E-state index contributed by atoms with van der Waals surface area (Å²) in [7, 11) is 0. The van der Waals surface area contributed by atoms with Crippen molar-refractivity contribution in [2.75, 3.05) is 9.80 Å². The number of para-hydroxylation sites is 1. The van der Waals surface area contributed by atoms with Gasteiger partial charge in [0, 0.05) is 105 Å². The average Bonchev–Trinajstić information content (AvgIpc) is 1.50. The summed E-state index contributed by atoms with van der Waals surface area (Å²) in [6, 6.07) is 146. The molecular weight excluding hydrogens is 1390 g/mol. The zero-order valence-corrected chi connectivity index (χ0v) is 62.0.